The second-order valence-electron chi connectivity index (χ2n) is 4.71. The van der Waals surface area contributed by atoms with Crippen LogP contribution in [0.5, 0.6) is 0 Å². The third-order valence-electron chi connectivity index (χ3n) is 1.99. The highest BCUT2D eigenvalue weighted by Gasteiger charge is 2.11. The van der Waals surface area contributed by atoms with Crippen LogP contribution in [0.2, 0.25) is 0 Å². The lowest BCUT2D eigenvalue weighted by Gasteiger charge is -2.17. The molecule has 0 saturated heterocycles. The maximum Gasteiger partial charge on any atom is 0.371 e. The van der Waals surface area contributed by atoms with Gasteiger partial charge in [0, 0.05) is 12.6 Å². The van der Waals surface area contributed by atoms with Crippen LogP contribution in [-0.4, -0.2) is 17.6 Å². The Balaban J connectivity index is 2.41. The molecular formula is C11H17NO3. The monoisotopic (exact) mass is 211 g/mol. The van der Waals surface area contributed by atoms with Crippen molar-refractivity contribution in [3.8, 4) is 0 Å². The Morgan fingerprint density at radius 1 is 1.47 bits per heavy atom. The average Bonchev–Trinajstić information content (AvgIpc) is 2.50. The minimum Gasteiger partial charge on any atom is -0.475 e. The molecule has 0 fully saturated rings. The number of anilines is 1. The van der Waals surface area contributed by atoms with Gasteiger partial charge in [-0.1, -0.05) is 20.8 Å². The molecule has 0 unspecified atom stereocenters. The van der Waals surface area contributed by atoms with Crippen molar-refractivity contribution in [2.45, 2.75) is 27.2 Å². The molecule has 1 aromatic rings. The first-order valence-corrected chi connectivity index (χ1v) is 4.95. The Bertz CT molecular complexity index is 336. The van der Waals surface area contributed by atoms with Gasteiger partial charge in [0.25, 0.3) is 0 Å². The molecule has 0 aliphatic rings. The number of carbonyl (C=O) groups is 1. The molecule has 0 saturated carbocycles. The molecule has 1 rings (SSSR count). The summed E-state index contributed by atoms with van der Waals surface area (Å²) in [6.45, 7) is 7.23. The Morgan fingerprint density at radius 2 is 2.13 bits per heavy atom. The molecule has 0 radical (unpaired) electrons. The van der Waals surface area contributed by atoms with Crippen LogP contribution in [0.25, 0.3) is 0 Å². The van der Waals surface area contributed by atoms with E-state index in [2.05, 4.69) is 26.1 Å². The van der Waals surface area contributed by atoms with Crippen molar-refractivity contribution in [2.75, 3.05) is 11.9 Å². The molecule has 0 aliphatic carbocycles. The lowest BCUT2D eigenvalue weighted by molar-refractivity contribution is 0.0663. The Morgan fingerprint density at radius 3 is 2.60 bits per heavy atom. The average molecular weight is 211 g/mol. The highest BCUT2D eigenvalue weighted by atomic mass is 16.4. The van der Waals surface area contributed by atoms with Gasteiger partial charge in [-0.05, 0) is 17.9 Å². The lowest BCUT2D eigenvalue weighted by atomic mass is 9.92. The summed E-state index contributed by atoms with van der Waals surface area (Å²) in [6.07, 6.45) is 0.996. The predicted molar refractivity (Wildman–Crippen MR) is 58.2 cm³/mol. The lowest BCUT2D eigenvalue weighted by Crippen LogP contribution is -2.12. The summed E-state index contributed by atoms with van der Waals surface area (Å²) in [4.78, 5) is 10.5. The van der Waals surface area contributed by atoms with Crippen molar-refractivity contribution in [1.82, 2.24) is 0 Å². The van der Waals surface area contributed by atoms with Gasteiger partial charge in [0.1, 0.15) is 0 Å². The van der Waals surface area contributed by atoms with Crippen molar-refractivity contribution in [3.05, 3.63) is 17.9 Å². The van der Waals surface area contributed by atoms with Crippen molar-refractivity contribution >= 4 is 11.9 Å². The Labute approximate surface area is 89.3 Å². The molecule has 4 heteroatoms. The van der Waals surface area contributed by atoms with E-state index in [1.54, 1.807) is 6.07 Å². The minimum absolute atomic E-state index is 0.0340. The van der Waals surface area contributed by atoms with E-state index in [1.165, 1.54) is 6.07 Å². The van der Waals surface area contributed by atoms with Crippen molar-refractivity contribution < 1.29 is 14.3 Å². The highest BCUT2D eigenvalue weighted by Crippen LogP contribution is 2.19. The molecule has 4 nitrogen and oxygen atoms in total. The smallest absolute Gasteiger partial charge is 0.371 e. The van der Waals surface area contributed by atoms with Crippen LogP contribution < -0.4 is 5.32 Å². The van der Waals surface area contributed by atoms with Gasteiger partial charge in [-0.25, -0.2) is 4.79 Å². The predicted octanol–water partition coefficient (Wildman–Crippen LogP) is 2.83. The third kappa shape index (κ3) is 4.06. The summed E-state index contributed by atoms with van der Waals surface area (Å²) in [5, 5.41) is 11.7. The molecule has 2 N–H and O–H groups in total. The van der Waals surface area contributed by atoms with Gasteiger partial charge in [-0.2, -0.15) is 0 Å². The molecule has 0 amide bonds. The van der Waals surface area contributed by atoms with E-state index in [9.17, 15) is 4.79 Å². The first kappa shape index (κ1) is 11.6. The zero-order valence-electron chi connectivity index (χ0n) is 9.33. The molecular weight excluding hydrogens is 194 g/mol. The molecule has 0 aliphatic heterocycles. The SMILES string of the molecule is CC(C)(C)CCNc1ccc(C(=O)O)o1. The van der Waals surface area contributed by atoms with E-state index >= 15 is 0 Å². The maximum absolute atomic E-state index is 10.5. The summed E-state index contributed by atoms with van der Waals surface area (Å²) >= 11 is 0. The van der Waals surface area contributed by atoms with Crippen LogP contribution in [0.3, 0.4) is 0 Å². The van der Waals surface area contributed by atoms with Gasteiger partial charge >= 0.3 is 5.97 Å². The number of rotatable bonds is 4. The van der Waals surface area contributed by atoms with E-state index in [1.807, 2.05) is 0 Å². The number of furan rings is 1. The van der Waals surface area contributed by atoms with E-state index in [0.717, 1.165) is 13.0 Å². The van der Waals surface area contributed by atoms with E-state index in [4.69, 9.17) is 9.52 Å². The summed E-state index contributed by atoms with van der Waals surface area (Å²) in [5.41, 5.74) is 0.259. The third-order valence-corrected chi connectivity index (χ3v) is 1.99. The van der Waals surface area contributed by atoms with Crippen molar-refractivity contribution in [3.63, 3.8) is 0 Å². The largest absolute Gasteiger partial charge is 0.475 e. The fourth-order valence-corrected chi connectivity index (χ4v) is 1.11. The summed E-state index contributed by atoms with van der Waals surface area (Å²) in [6, 6.07) is 3.08. The standard InChI is InChI=1S/C11H17NO3/c1-11(2,3)6-7-12-9-5-4-8(15-9)10(13)14/h4-5,12H,6-7H2,1-3H3,(H,13,14). The van der Waals surface area contributed by atoms with Crippen LogP contribution in [0, 0.1) is 5.41 Å². The van der Waals surface area contributed by atoms with E-state index in [0.29, 0.717) is 5.88 Å². The summed E-state index contributed by atoms with van der Waals surface area (Å²) < 4.78 is 5.05. The maximum atomic E-state index is 10.5. The molecule has 0 spiro atoms. The number of carboxylic acid groups (broad SMARTS) is 1. The summed E-state index contributed by atoms with van der Waals surface area (Å²) in [7, 11) is 0. The van der Waals surface area contributed by atoms with Crippen LogP contribution >= 0.6 is 0 Å². The highest BCUT2D eigenvalue weighted by molar-refractivity contribution is 5.84. The van der Waals surface area contributed by atoms with Gasteiger partial charge < -0.3 is 14.8 Å². The van der Waals surface area contributed by atoms with Gasteiger partial charge in [-0.3, -0.25) is 0 Å². The summed E-state index contributed by atoms with van der Waals surface area (Å²) in [5.74, 6) is -0.566. The van der Waals surface area contributed by atoms with Gasteiger partial charge in [0.2, 0.25) is 5.76 Å². The number of carboxylic acids is 1. The van der Waals surface area contributed by atoms with Gasteiger partial charge in [0.15, 0.2) is 5.88 Å². The topological polar surface area (TPSA) is 62.5 Å². The van der Waals surface area contributed by atoms with Gasteiger partial charge in [0.05, 0.1) is 0 Å². The van der Waals surface area contributed by atoms with Crippen LogP contribution in [0.1, 0.15) is 37.7 Å². The quantitative estimate of drug-likeness (QED) is 0.803. The molecule has 15 heavy (non-hydrogen) atoms. The first-order valence-electron chi connectivity index (χ1n) is 4.95. The van der Waals surface area contributed by atoms with Crippen molar-refractivity contribution in [2.24, 2.45) is 5.41 Å². The number of hydrogen-bond acceptors (Lipinski definition) is 3. The normalized spacial score (nSPS) is 11.4. The molecule has 1 aromatic heterocycles. The first-order chi connectivity index (χ1) is 6.88. The minimum atomic E-state index is -1.04. The van der Waals surface area contributed by atoms with Crippen molar-refractivity contribution in [1.29, 1.82) is 0 Å². The van der Waals surface area contributed by atoms with E-state index < -0.39 is 5.97 Å². The molecule has 0 aromatic carbocycles. The van der Waals surface area contributed by atoms with E-state index in [-0.39, 0.29) is 11.2 Å². The number of nitrogens with one attached hydrogen (secondary N) is 1. The molecule has 0 bridgehead atoms. The fourth-order valence-electron chi connectivity index (χ4n) is 1.11. The molecule has 84 valence electrons. The van der Waals surface area contributed by atoms with Crippen LogP contribution in [0.15, 0.2) is 16.5 Å². The van der Waals surface area contributed by atoms with Gasteiger partial charge in [-0.15, -0.1) is 0 Å². The van der Waals surface area contributed by atoms with Crippen LogP contribution in [-0.2, 0) is 0 Å². The zero-order valence-corrected chi connectivity index (χ0v) is 9.33. The Kier molecular flexibility index (Phi) is 3.39. The second kappa shape index (κ2) is 4.38. The number of hydrogen-bond donors (Lipinski definition) is 2. The molecule has 1 heterocycles. The molecule has 0 atom stereocenters. The fraction of sp³-hybridized carbons (Fsp3) is 0.545. The Hall–Kier alpha value is -1.45. The number of aromatic carboxylic acids is 1. The van der Waals surface area contributed by atoms with Crippen LogP contribution in [0.4, 0.5) is 5.88 Å². The second-order valence-corrected chi connectivity index (χ2v) is 4.71. The zero-order chi connectivity index (χ0) is 11.5.